The van der Waals surface area contributed by atoms with E-state index in [-0.39, 0.29) is 0 Å². The van der Waals surface area contributed by atoms with Crippen LogP contribution in [0.25, 0.3) is 0 Å². The summed E-state index contributed by atoms with van der Waals surface area (Å²) < 4.78 is 5.90. The molecule has 0 aromatic carbocycles. The van der Waals surface area contributed by atoms with Gasteiger partial charge in [0.1, 0.15) is 0 Å². The maximum atomic E-state index is 6.00. The molecule has 0 amide bonds. The first-order chi connectivity index (χ1) is 9.08. The Labute approximate surface area is 117 Å². The maximum Gasteiger partial charge on any atom is 0.188 e. The molecule has 3 N–H and O–H groups in total. The Bertz CT molecular complexity index is 321. The third-order valence-electron chi connectivity index (χ3n) is 4.64. The van der Waals surface area contributed by atoms with Gasteiger partial charge in [0.15, 0.2) is 5.96 Å². The van der Waals surface area contributed by atoms with Crippen molar-refractivity contribution in [3.8, 4) is 0 Å². The van der Waals surface area contributed by atoms with Gasteiger partial charge in [-0.05, 0) is 32.1 Å². The number of nitrogens with zero attached hydrogens (tertiary/aromatic N) is 1. The largest absolute Gasteiger partial charge is 0.378 e. The molecule has 4 heteroatoms. The van der Waals surface area contributed by atoms with Gasteiger partial charge in [-0.3, -0.25) is 4.99 Å². The van der Waals surface area contributed by atoms with Gasteiger partial charge >= 0.3 is 0 Å². The second-order valence-electron chi connectivity index (χ2n) is 6.44. The summed E-state index contributed by atoms with van der Waals surface area (Å²) in [7, 11) is 0. The van der Waals surface area contributed by atoms with Crippen LogP contribution in [0.1, 0.15) is 52.9 Å². The number of rotatable bonds is 5. The maximum absolute atomic E-state index is 6.00. The van der Waals surface area contributed by atoms with E-state index < -0.39 is 0 Å². The van der Waals surface area contributed by atoms with Crippen LogP contribution in [-0.2, 0) is 4.74 Å². The van der Waals surface area contributed by atoms with Crippen molar-refractivity contribution in [2.45, 2.75) is 65.0 Å². The summed E-state index contributed by atoms with van der Waals surface area (Å²) in [6.07, 6.45) is 6.69. The molecule has 2 rings (SSSR count). The molecule has 2 atom stereocenters. The van der Waals surface area contributed by atoms with E-state index in [2.05, 4.69) is 31.1 Å². The molecule has 0 heterocycles. The second kappa shape index (κ2) is 6.12. The molecule has 0 radical (unpaired) electrons. The fraction of sp³-hybridized carbons (Fsp3) is 0.933. The Balaban J connectivity index is 1.92. The Morgan fingerprint density at radius 1 is 1.42 bits per heavy atom. The van der Waals surface area contributed by atoms with E-state index in [1.54, 1.807) is 0 Å². The van der Waals surface area contributed by atoms with E-state index >= 15 is 0 Å². The summed E-state index contributed by atoms with van der Waals surface area (Å²) in [5.41, 5.74) is 6.33. The molecular weight excluding hydrogens is 238 g/mol. The minimum Gasteiger partial charge on any atom is -0.378 e. The van der Waals surface area contributed by atoms with Crippen LogP contribution in [0.5, 0.6) is 0 Å². The van der Waals surface area contributed by atoms with Crippen LogP contribution in [0.3, 0.4) is 0 Å². The fourth-order valence-corrected chi connectivity index (χ4v) is 3.59. The lowest BCUT2D eigenvalue weighted by Gasteiger charge is -2.54. The van der Waals surface area contributed by atoms with Crippen molar-refractivity contribution in [2.24, 2.45) is 22.1 Å². The number of guanidine groups is 1. The van der Waals surface area contributed by atoms with Crippen molar-refractivity contribution in [1.29, 1.82) is 0 Å². The SMILES string of the molecule is CCOC1CC(NC(N)=NCC(C)C)C12CCCC2. The van der Waals surface area contributed by atoms with E-state index in [1.807, 2.05) is 0 Å². The minimum absolute atomic E-state index is 0.327. The summed E-state index contributed by atoms with van der Waals surface area (Å²) in [6.45, 7) is 8.01. The zero-order chi connectivity index (χ0) is 13.9. The molecule has 110 valence electrons. The number of ether oxygens (including phenoxy) is 1. The standard InChI is InChI=1S/C15H29N3O/c1-4-19-13-9-12(15(13)7-5-6-8-15)18-14(16)17-10-11(2)3/h11-13H,4-10H2,1-3H3,(H3,16,17,18). The van der Waals surface area contributed by atoms with Gasteiger partial charge in [0, 0.05) is 24.6 Å². The molecule has 0 saturated heterocycles. The van der Waals surface area contributed by atoms with Gasteiger partial charge in [0.25, 0.3) is 0 Å². The second-order valence-corrected chi connectivity index (χ2v) is 6.44. The predicted molar refractivity (Wildman–Crippen MR) is 79.2 cm³/mol. The van der Waals surface area contributed by atoms with E-state index in [1.165, 1.54) is 25.7 Å². The highest BCUT2D eigenvalue weighted by Gasteiger charge is 2.56. The molecule has 0 aliphatic heterocycles. The summed E-state index contributed by atoms with van der Waals surface area (Å²) in [5.74, 6) is 1.17. The molecule has 0 aromatic heterocycles. The zero-order valence-electron chi connectivity index (χ0n) is 12.6. The van der Waals surface area contributed by atoms with Crippen LogP contribution in [0.2, 0.25) is 0 Å². The first kappa shape index (κ1) is 14.6. The lowest BCUT2D eigenvalue weighted by molar-refractivity contribution is -0.125. The van der Waals surface area contributed by atoms with E-state index in [0.29, 0.717) is 29.4 Å². The van der Waals surface area contributed by atoms with Crippen molar-refractivity contribution < 1.29 is 4.74 Å². The van der Waals surface area contributed by atoms with Crippen LogP contribution in [0.4, 0.5) is 0 Å². The molecule has 1 spiro atoms. The normalized spacial score (nSPS) is 29.8. The average molecular weight is 267 g/mol. The summed E-state index contributed by atoms with van der Waals surface area (Å²) >= 11 is 0. The Kier molecular flexibility index (Phi) is 4.71. The lowest BCUT2D eigenvalue weighted by Crippen LogP contribution is -2.64. The number of hydrogen-bond donors (Lipinski definition) is 2. The highest BCUT2D eigenvalue weighted by atomic mass is 16.5. The van der Waals surface area contributed by atoms with Crippen molar-refractivity contribution in [1.82, 2.24) is 5.32 Å². The number of aliphatic imine (C=N–C) groups is 1. The van der Waals surface area contributed by atoms with Gasteiger partial charge in [-0.2, -0.15) is 0 Å². The molecule has 2 aliphatic rings. The van der Waals surface area contributed by atoms with E-state index in [4.69, 9.17) is 10.5 Å². The molecule has 2 unspecified atom stereocenters. The van der Waals surface area contributed by atoms with Crippen LogP contribution in [-0.4, -0.2) is 31.3 Å². The molecule has 19 heavy (non-hydrogen) atoms. The van der Waals surface area contributed by atoms with Crippen LogP contribution in [0.15, 0.2) is 4.99 Å². The number of nitrogens with two attached hydrogens (primary N) is 1. The highest BCUT2D eigenvalue weighted by Crippen LogP contribution is 2.54. The van der Waals surface area contributed by atoms with Gasteiger partial charge in [0.2, 0.25) is 0 Å². The van der Waals surface area contributed by atoms with Crippen molar-refractivity contribution in [3.63, 3.8) is 0 Å². The number of hydrogen-bond acceptors (Lipinski definition) is 2. The van der Waals surface area contributed by atoms with Gasteiger partial charge in [-0.15, -0.1) is 0 Å². The van der Waals surface area contributed by atoms with Gasteiger partial charge in [0.05, 0.1) is 6.10 Å². The molecular formula is C15H29N3O. The molecule has 2 saturated carbocycles. The van der Waals surface area contributed by atoms with E-state index in [0.717, 1.165) is 19.6 Å². The quantitative estimate of drug-likeness (QED) is 0.593. The van der Waals surface area contributed by atoms with Crippen LogP contribution >= 0.6 is 0 Å². The van der Waals surface area contributed by atoms with E-state index in [9.17, 15) is 0 Å². The Morgan fingerprint density at radius 3 is 2.68 bits per heavy atom. The van der Waals surface area contributed by atoms with Gasteiger partial charge < -0.3 is 15.8 Å². The van der Waals surface area contributed by atoms with Crippen LogP contribution < -0.4 is 11.1 Å². The highest BCUT2D eigenvalue weighted by molar-refractivity contribution is 5.78. The zero-order valence-corrected chi connectivity index (χ0v) is 12.6. The topological polar surface area (TPSA) is 59.6 Å². The molecule has 4 nitrogen and oxygen atoms in total. The summed E-state index contributed by atoms with van der Waals surface area (Å²) in [5, 5.41) is 3.44. The Morgan fingerprint density at radius 2 is 2.11 bits per heavy atom. The van der Waals surface area contributed by atoms with Crippen molar-refractivity contribution >= 4 is 5.96 Å². The van der Waals surface area contributed by atoms with Crippen LogP contribution in [0, 0.1) is 11.3 Å². The Hall–Kier alpha value is -0.770. The molecule has 0 bridgehead atoms. The lowest BCUT2D eigenvalue weighted by atomic mass is 9.60. The smallest absolute Gasteiger partial charge is 0.188 e. The third-order valence-corrected chi connectivity index (χ3v) is 4.64. The first-order valence-electron chi connectivity index (χ1n) is 7.76. The predicted octanol–water partition coefficient (Wildman–Crippen LogP) is 2.28. The molecule has 0 aromatic rings. The summed E-state index contributed by atoms with van der Waals surface area (Å²) in [6, 6.07) is 0.461. The van der Waals surface area contributed by atoms with Gasteiger partial charge in [-0.25, -0.2) is 0 Å². The van der Waals surface area contributed by atoms with Gasteiger partial charge in [-0.1, -0.05) is 26.7 Å². The molecule has 2 fully saturated rings. The minimum atomic E-state index is 0.327. The first-order valence-corrected chi connectivity index (χ1v) is 7.76. The average Bonchev–Trinajstić information content (AvgIpc) is 2.87. The fourth-order valence-electron chi connectivity index (χ4n) is 3.59. The summed E-state index contributed by atoms with van der Waals surface area (Å²) in [4.78, 5) is 4.41. The third kappa shape index (κ3) is 3.04. The van der Waals surface area contributed by atoms with Crippen molar-refractivity contribution in [3.05, 3.63) is 0 Å². The monoisotopic (exact) mass is 267 g/mol. The molecule has 2 aliphatic carbocycles. The van der Waals surface area contributed by atoms with Crippen molar-refractivity contribution in [2.75, 3.05) is 13.2 Å². The number of nitrogens with one attached hydrogen (secondary N) is 1.